The van der Waals surface area contributed by atoms with Gasteiger partial charge in [-0.1, -0.05) is 71.1 Å². The van der Waals surface area contributed by atoms with Crippen LogP contribution in [-0.2, 0) is 65.4 Å². The van der Waals surface area contributed by atoms with Crippen molar-refractivity contribution in [1.29, 1.82) is 0 Å². The van der Waals surface area contributed by atoms with Gasteiger partial charge >= 0.3 is 12.1 Å². The molecule has 2 bridgehead atoms. The molecule has 0 aromatic carbocycles. The molecule has 78 heavy (non-hydrogen) atoms. The molecule has 1 aromatic heterocycles. The van der Waals surface area contributed by atoms with Crippen molar-refractivity contribution in [3.63, 3.8) is 0 Å². The van der Waals surface area contributed by atoms with E-state index >= 15 is 0 Å². The molecule has 1 saturated carbocycles. The van der Waals surface area contributed by atoms with E-state index in [0.29, 0.717) is 95.1 Å². The number of ether oxygens (including phenoxy) is 6. The number of aromatic nitrogens is 2. The number of hydrogen-bond acceptors (Lipinski definition) is 16. The van der Waals surface area contributed by atoms with Crippen molar-refractivity contribution in [1.82, 2.24) is 19.8 Å². The van der Waals surface area contributed by atoms with E-state index in [0.717, 1.165) is 16.8 Å². The molecule has 1 aliphatic carbocycles. The van der Waals surface area contributed by atoms with Gasteiger partial charge in [0, 0.05) is 83.2 Å². The number of amides is 2. The second-order valence-corrected chi connectivity index (χ2v) is 23.0. The first-order valence-corrected chi connectivity index (χ1v) is 28.3. The Bertz CT molecular complexity index is 2400. The zero-order valence-corrected chi connectivity index (χ0v) is 48.0. The van der Waals surface area contributed by atoms with Crippen molar-refractivity contribution in [2.75, 3.05) is 34.4 Å². The van der Waals surface area contributed by atoms with E-state index in [1.54, 1.807) is 52.2 Å². The second kappa shape index (κ2) is 28.4. The molecule has 4 aliphatic heterocycles. The van der Waals surface area contributed by atoms with Crippen molar-refractivity contribution in [3.8, 4) is 0 Å². The number of aliphatic hydroxyl groups is 2. The number of cyclic esters (lactones) is 1. The summed E-state index contributed by atoms with van der Waals surface area (Å²) in [6.07, 6.45) is 12.5. The van der Waals surface area contributed by atoms with Gasteiger partial charge in [0.15, 0.2) is 5.78 Å². The molecule has 3 fully saturated rings. The Labute approximate surface area is 461 Å². The molecule has 432 valence electrons. The number of aryl methyl sites for hydroxylation is 1. The molecule has 0 radical (unpaired) electrons. The summed E-state index contributed by atoms with van der Waals surface area (Å²) in [5, 5.41) is 23.6. The SMILES string of the molecule is CO[C@H]1C[C@@H]2CC[C@@H](C)[C@@](O)(O2)C(=O)C(=O)N2CCCC[C@H]2C(=O)O[C@H]([C@H](C)C[C@@H]2CC[C@@H](OC(=O)N3CCc4nc(C)ncc4C3)[C@H](OC)C2)CC(=O)[C@H](C)/C=C(\C)[C@@H](O)[C@@H](OC)C(=O)[C@H](C)C[C@H](C)/C=C/C=C/C=C/1C. The Balaban J connectivity index is 1.25. The van der Waals surface area contributed by atoms with Crippen LogP contribution >= 0.6 is 0 Å². The van der Waals surface area contributed by atoms with Gasteiger partial charge in [0.2, 0.25) is 5.79 Å². The highest BCUT2D eigenvalue weighted by Gasteiger charge is 2.53. The maximum absolute atomic E-state index is 14.7. The quantitative estimate of drug-likeness (QED) is 0.153. The van der Waals surface area contributed by atoms with Gasteiger partial charge in [-0.3, -0.25) is 19.2 Å². The number of piperidine rings is 1. The minimum absolute atomic E-state index is 0.000930. The highest BCUT2D eigenvalue weighted by molar-refractivity contribution is 6.39. The molecule has 2 saturated heterocycles. The van der Waals surface area contributed by atoms with Crippen LogP contribution in [0.1, 0.15) is 143 Å². The third-order valence-electron chi connectivity index (χ3n) is 17.0. The third-order valence-corrected chi connectivity index (χ3v) is 17.0. The maximum Gasteiger partial charge on any atom is 0.410 e. The lowest BCUT2D eigenvalue weighted by atomic mass is 9.78. The van der Waals surface area contributed by atoms with E-state index in [1.165, 1.54) is 12.0 Å². The summed E-state index contributed by atoms with van der Waals surface area (Å²) in [6, 6.07) is -1.18. The highest BCUT2D eigenvalue weighted by atomic mass is 16.6. The Morgan fingerprint density at radius 1 is 0.872 bits per heavy atom. The molecule has 5 heterocycles. The average molecular weight is 1090 g/mol. The van der Waals surface area contributed by atoms with Crippen LogP contribution in [0.5, 0.6) is 0 Å². The van der Waals surface area contributed by atoms with Crippen LogP contribution in [0.3, 0.4) is 0 Å². The van der Waals surface area contributed by atoms with Crippen LogP contribution in [0, 0.1) is 42.4 Å². The summed E-state index contributed by atoms with van der Waals surface area (Å²) < 4.78 is 36.1. The van der Waals surface area contributed by atoms with Gasteiger partial charge in [0.25, 0.3) is 11.7 Å². The molecule has 1 aromatic rings. The number of hydrogen-bond donors (Lipinski definition) is 2. The molecule has 2 amide bonds. The third kappa shape index (κ3) is 15.7. The van der Waals surface area contributed by atoms with E-state index < -0.39 is 102 Å². The minimum atomic E-state index is -2.46. The molecule has 5 aliphatic rings. The van der Waals surface area contributed by atoms with Gasteiger partial charge in [0.1, 0.15) is 42.1 Å². The van der Waals surface area contributed by atoms with E-state index in [9.17, 15) is 39.0 Å². The lowest BCUT2D eigenvalue weighted by Gasteiger charge is -2.42. The van der Waals surface area contributed by atoms with E-state index in [-0.39, 0.29) is 42.8 Å². The molecule has 18 heteroatoms. The highest BCUT2D eigenvalue weighted by Crippen LogP contribution is 2.38. The first-order valence-electron chi connectivity index (χ1n) is 28.3. The van der Waals surface area contributed by atoms with Gasteiger partial charge in [-0.15, -0.1) is 0 Å². The molecule has 18 nitrogen and oxygen atoms in total. The fourth-order valence-corrected chi connectivity index (χ4v) is 12.0. The summed E-state index contributed by atoms with van der Waals surface area (Å²) >= 11 is 0. The van der Waals surface area contributed by atoms with Gasteiger partial charge in [-0.25, -0.2) is 19.6 Å². The number of carbonyl (C=O) groups is 6. The number of Topliss-reactive ketones (excluding diaryl/α,β-unsaturated/α-hetero) is 3. The molecule has 15 atom stereocenters. The molecule has 0 spiro atoms. The zero-order chi connectivity index (χ0) is 57.0. The smallest absolute Gasteiger partial charge is 0.410 e. The first-order chi connectivity index (χ1) is 37.1. The molecule has 2 N–H and O–H groups in total. The summed E-state index contributed by atoms with van der Waals surface area (Å²) in [4.78, 5) is 96.9. The second-order valence-electron chi connectivity index (χ2n) is 23.0. The number of ketones is 3. The van der Waals surface area contributed by atoms with Crippen LogP contribution in [0.2, 0.25) is 0 Å². The van der Waals surface area contributed by atoms with Crippen molar-refractivity contribution in [2.24, 2.45) is 35.5 Å². The van der Waals surface area contributed by atoms with Crippen molar-refractivity contribution < 1.29 is 67.4 Å². The Morgan fingerprint density at radius 3 is 2.35 bits per heavy atom. The number of aliphatic hydroxyl groups excluding tert-OH is 1. The summed E-state index contributed by atoms with van der Waals surface area (Å²) in [6.45, 7) is 15.4. The average Bonchev–Trinajstić information content (AvgIpc) is 3.56. The van der Waals surface area contributed by atoms with Crippen molar-refractivity contribution >= 4 is 35.3 Å². The van der Waals surface area contributed by atoms with Crippen LogP contribution < -0.4 is 0 Å². The number of allylic oxidation sites excluding steroid dienone is 6. The molecular weight excluding hydrogens is 1000 g/mol. The zero-order valence-electron chi connectivity index (χ0n) is 48.0. The number of methoxy groups -OCH3 is 3. The van der Waals surface area contributed by atoms with E-state index in [4.69, 9.17) is 28.4 Å². The predicted molar refractivity (Wildman–Crippen MR) is 290 cm³/mol. The van der Waals surface area contributed by atoms with Crippen molar-refractivity contribution in [2.45, 2.75) is 200 Å². The van der Waals surface area contributed by atoms with Gasteiger partial charge in [-0.05, 0) is 114 Å². The Kier molecular flexibility index (Phi) is 22.7. The lowest BCUT2D eigenvalue weighted by molar-refractivity contribution is -0.265. The predicted octanol–water partition coefficient (Wildman–Crippen LogP) is 7.48. The molecule has 0 unspecified atom stereocenters. The van der Waals surface area contributed by atoms with Crippen LogP contribution in [0.25, 0.3) is 0 Å². The minimum Gasteiger partial charge on any atom is -0.460 e. The van der Waals surface area contributed by atoms with Gasteiger partial charge in [-0.2, -0.15) is 0 Å². The van der Waals surface area contributed by atoms with Crippen LogP contribution in [-0.4, -0.2) is 154 Å². The standard InChI is InChI=1S/C60H88N4O14/c1-35-17-13-12-14-18-36(2)50(73-9)31-45-22-20-41(7)60(72,78-45)56(68)57(69)64-25-16-15-19-47(64)58(70)76-51(32-48(65)37(3)28-40(6)54(67)55(75-11)53(66)39(5)27-35)38(4)29-43-21-23-49(52(30-43)74-10)77-59(71)63-26-24-46-44(34-63)33-61-42(8)62-46/h12-14,17-18,28,33,35,37-39,41,43,45,47,49-52,54-55,67,72H,15-16,19-27,29-32,34H2,1-11H3/b14-12+,17-13+,36-18+,40-28+/t35-,37-,38-,39-,41-,43+,45+,47+,49-,50+,51+,52-,54-,55+,60-/m1/s1. The number of fused-ring (bicyclic) bond motifs is 4. The summed E-state index contributed by atoms with van der Waals surface area (Å²) in [7, 11) is 4.54. The van der Waals surface area contributed by atoms with E-state index in [1.807, 2.05) is 65.0 Å². The molecule has 6 rings (SSSR count). The Morgan fingerprint density at radius 2 is 1.63 bits per heavy atom. The van der Waals surface area contributed by atoms with E-state index in [2.05, 4.69) is 9.97 Å². The van der Waals surface area contributed by atoms with Gasteiger partial charge in [0.05, 0.1) is 30.6 Å². The fourth-order valence-electron chi connectivity index (χ4n) is 12.0. The topological polar surface area (TPSA) is 231 Å². The summed E-state index contributed by atoms with van der Waals surface area (Å²) in [5.41, 5.74) is 3.06. The van der Waals surface area contributed by atoms with Crippen LogP contribution in [0.15, 0.2) is 53.8 Å². The number of rotatable bonds is 7. The number of nitrogens with zero attached hydrogens (tertiary/aromatic N) is 4. The number of esters is 1. The molecular formula is C60H88N4O14. The first kappa shape index (κ1) is 62.2. The monoisotopic (exact) mass is 1090 g/mol. The normalized spacial score (nSPS) is 36.4. The van der Waals surface area contributed by atoms with Crippen LogP contribution in [0.4, 0.5) is 4.79 Å². The largest absolute Gasteiger partial charge is 0.460 e. The Hall–Kier alpha value is -4.98. The fraction of sp³-hybridized carbons (Fsp3) is 0.700. The lowest BCUT2D eigenvalue weighted by Crippen LogP contribution is -2.61. The number of carbonyl (C=O) groups excluding carboxylic acids is 6. The van der Waals surface area contributed by atoms with Crippen molar-refractivity contribution in [3.05, 3.63) is 70.9 Å². The maximum atomic E-state index is 14.7. The summed E-state index contributed by atoms with van der Waals surface area (Å²) in [5.74, 6) is -7.67. The van der Waals surface area contributed by atoms with Gasteiger partial charge < -0.3 is 48.4 Å².